The van der Waals surface area contributed by atoms with E-state index in [9.17, 15) is 9.59 Å². The van der Waals surface area contributed by atoms with Gasteiger partial charge in [-0.1, -0.05) is 0 Å². The molecule has 3 aliphatic rings. The Bertz CT molecular complexity index is 1410. The topological polar surface area (TPSA) is 108 Å². The fraction of sp³-hybridized carbons (Fsp3) is 0.519. The van der Waals surface area contributed by atoms with Crippen LogP contribution in [0.3, 0.4) is 0 Å². The third kappa shape index (κ3) is 4.29. The van der Waals surface area contributed by atoms with Crippen LogP contribution in [0.5, 0.6) is 0 Å². The molecule has 3 amide bonds. The van der Waals surface area contributed by atoms with Gasteiger partial charge in [0.2, 0.25) is 0 Å². The van der Waals surface area contributed by atoms with E-state index in [-0.39, 0.29) is 24.2 Å². The number of piperazine rings is 1. The van der Waals surface area contributed by atoms with Crippen LogP contribution in [0.4, 0.5) is 26.9 Å². The quantitative estimate of drug-likeness (QED) is 0.548. The van der Waals surface area contributed by atoms with Gasteiger partial charge in [-0.15, -0.1) is 0 Å². The smallest absolute Gasteiger partial charge is 0.410 e. The number of rotatable bonds is 2. The number of fused-ring (bicyclic) bond motifs is 4. The summed E-state index contributed by atoms with van der Waals surface area (Å²) in [5, 5.41) is 2.94. The lowest BCUT2D eigenvalue weighted by atomic mass is 10.1. The van der Waals surface area contributed by atoms with Crippen molar-refractivity contribution in [3.8, 4) is 0 Å². The second-order valence-electron chi connectivity index (χ2n) is 11.5. The van der Waals surface area contributed by atoms with Crippen molar-refractivity contribution >= 4 is 35.1 Å². The molecule has 2 fully saturated rings. The third-order valence-electron chi connectivity index (χ3n) is 7.48. The van der Waals surface area contributed by atoms with E-state index in [0.717, 1.165) is 60.6 Å². The number of hydrogen-bond donors (Lipinski definition) is 1. The lowest BCUT2D eigenvalue weighted by Gasteiger charge is -2.42. The number of carbonyl (C=O) groups excluding carboxylic acids is 2. The molecule has 6 rings (SSSR count). The van der Waals surface area contributed by atoms with Gasteiger partial charge in [0.25, 0.3) is 0 Å². The van der Waals surface area contributed by atoms with Crippen LogP contribution in [0.1, 0.15) is 50.6 Å². The van der Waals surface area contributed by atoms with E-state index in [4.69, 9.17) is 4.74 Å². The number of urea groups is 1. The van der Waals surface area contributed by atoms with Crippen molar-refractivity contribution in [1.82, 2.24) is 24.3 Å². The largest absolute Gasteiger partial charge is 0.444 e. The number of nitrogens with one attached hydrogen (secondary N) is 1. The summed E-state index contributed by atoms with van der Waals surface area (Å²) in [7, 11) is 0. The fourth-order valence-electron chi connectivity index (χ4n) is 5.99. The molecule has 6 heterocycles. The molecule has 11 heteroatoms. The van der Waals surface area contributed by atoms with Crippen LogP contribution in [0, 0.1) is 13.8 Å². The lowest BCUT2D eigenvalue weighted by molar-refractivity contribution is 0.0123. The highest BCUT2D eigenvalue weighted by Crippen LogP contribution is 2.39. The first-order chi connectivity index (χ1) is 18.1. The highest BCUT2D eigenvalue weighted by atomic mass is 16.6. The highest BCUT2D eigenvalue weighted by Gasteiger charge is 2.45. The van der Waals surface area contributed by atoms with Gasteiger partial charge in [0.1, 0.15) is 11.4 Å². The van der Waals surface area contributed by atoms with E-state index in [1.807, 2.05) is 56.2 Å². The van der Waals surface area contributed by atoms with E-state index in [0.29, 0.717) is 18.2 Å². The molecule has 0 spiro atoms. The summed E-state index contributed by atoms with van der Waals surface area (Å²) in [4.78, 5) is 45.7. The van der Waals surface area contributed by atoms with Gasteiger partial charge in [0, 0.05) is 43.3 Å². The van der Waals surface area contributed by atoms with Gasteiger partial charge in [-0.3, -0.25) is 15.1 Å². The zero-order chi connectivity index (χ0) is 26.8. The lowest BCUT2D eigenvalue weighted by Crippen LogP contribution is -2.57. The molecule has 0 aromatic carbocycles. The third-order valence-corrected chi connectivity index (χ3v) is 7.48. The number of ether oxygens (including phenoxy) is 1. The maximum Gasteiger partial charge on any atom is 0.410 e. The second-order valence-corrected chi connectivity index (χ2v) is 11.5. The zero-order valence-corrected chi connectivity index (χ0v) is 22.6. The van der Waals surface area contributed by atoms with Gasteiger partial charge in [-0.25, -0.2) is 24.5 Å². The molecule has 38 heavy (non-hydrogen) atoms. The van der Waals surface area contributed by atoms with Crippen LogP contribution in [0.2, 0.25) is 0 Å². The predicted octanol–water partition coefficient (Wildman–Crippen LogP) is 3.92. The first kappa shape index (κ1) is 24.4. The monoisotopic (exact) mass is 518 g/mol. The zero-order valence-electron chi connectivity index (χ0n) is 22.6. The van der Waals surface area contributed by atoms with Crippen LogP contribution in [0.15, 0.2) is 24.7 Å². The first-order valence-corrected chi connectivity index (χ1v) is 13.2. The van der Waals surface area contributed by atoms with E-state index in [1.54, 1.807) is 17.3 Å². The Morgan fingerprint density at radius 3 is 2.53 bits per heavy atom. The Labute approximate surface area is 221 Å². The van der Waals surface area contributed by atoms with Gasteiger partial charge >= 0.3 is 12.1 Å². The maximum atomic E-state index is 13.3. The van der Waals surface area contributed by atoms with Crippen molar-refractivity contribution in [2.75, 3.05) is 34.8 Å². The Morgan fingerprint density at radius 2 is 1.82 bits per heavy atom. The number of imidazole rings is 1. The summed E-state index contributed by atoms with van der Waals surface area (Å²) < 4.78 is 7.57. The average Bonchev–Trinajstić information content (AvgIpc) is 3.51. The molecule has 2 atom stereocenters. The maximum absolute atomic E-state index is 13.3. The van der Waals surface area contributed by atoms with Crippen LogP contribution in [-0.4, -0.2) is 73.7 Å². The van der Waals surface area contributed by atoms with E-state index in [1.165, 1.54) is 0 Å². The van der Waals surface area contributed by atoms with Gasteiger partial charge < -0.3 is 14.0 Å². The van der Waals surface area contributed by atoms with Gasteiger partial charge in [0.05, 0.1) is 29.7 Å². The minimum atomic E-state index is -0.513. The molecule has 200 valence electrons. The molecule has 2 saturated heterocycles. The van der Waals surface area contributed by atoms with Crippen LogP contribution in [-0.2, 0) is 11.2 Å². The van der Waals surface area contributed by atoms with Crippen molar-refractivity contribution in [2.24, 2.45) is 0 Å². The predicted molar refractivity (Wildman–Crippen MR) is 144 cm³/mol. The number of carbonyl (C=O) groups is 2. The molecular formula is C27H34N8O3. The Kier molecular flexibility index (Phi) is 5.69. The minimum absolute atomic E-state index is 0.115. The van der Waals surface area contributed by atoms with Crippen molar-refractivity contribution < 1.29 is 14.3 Å². The number of aromatic nitrogens is 4. The Hall–Kier alpha value is -3.89. The minimum Gasteiger partial charge on any atom is -0.444 e. The highest BCUT2D eigenvalue weighted by molar-refractivity contribution is 6.02. The number of nitrogens with zero attached hydrogens (tertiary/aromatic N) is 7. The summed E-state index contributed by atoms with van der Waals surface area (Å²) in [6.45, 7) is 11.5. The summed E-state index contributed by atoms with van der Waals surface area (Å²) in [6.07, 6.45) is 7.89. The fourth-order valence-corrected chi connectivity index (χ4v) is 5.99. The molecule has 2 bridgehead atoms. The standard InChI is InChI=1S/C27H34N8O3/c1-16-12-33-15-22(30-17(2)23(33)29-16)31-25(36)34-11-9-20-21(8-10-28-24(20)34)32-13-18-6-7-19(14-32)35(18)26(37)38-27(3,4)5/h8,10,12,15,18-19H,6-7,9,11,13-14H2,1-5H3,(H,31,36). The summed E-state index contributed by atoms with van der Waals surface area (Å²) in [5.74, 6) is 1.15. The van der Waals surface area contributed by atoms with Crippen LogP contribution >= 0.6 is 0 Å². The Balaban J connectivity index is 1.19. The Morgan fingerprint density at radius 1 is 1.08 bits per heavy atom. The normalized spacial score (nSPS) is 20.7. The molecular weight excluding hydrogens is 484 g/mol. The first-order valence-electron chi connectivity index (χ1n) is 13.2. The number of amides is 3. The molecule has 3 aromatic heterocycles. The number of pyridine rings is 1. The molecule has 3 aromatic rings. The van der Waals surface area contributed by atoms with Crippen LogP contribution < -0.4 is 15.1 Å². The van der Waals surface area contributed by atoms with E-state index >= 15 is 0 Å². The molecule has 0 saturated carbocycles. The van der Waals surface area contributed by atoms with Gasteiger partial charge in [0.15, 0.2) is 11.5 Å². The average molecular weight is 519 g/mol. The molecule has 1 N–H and O–H groups in total. The van der Waals surface area contributed by atoms with E-state index < -0.39 is 5.60 Å². The van der Waals surface area contributed by atoms with E-state index in [2.05, 4.69) is 25.2 Å². The number of anilines is 3. The van der Waals surface area contributed by atoms with Gasteiger partial charge in [-0.2, -0.15) is 0 Å². The van der Waals surface area contributed by atoms with Crippen molar-refractivity contribution in [3.05, 3.63) is 41.6 Å². The molecule has 2 unspecified atom stereocenters. The number of hydrogen-bond acceptors (Lipinski definition) is 7. The molecule has 11 nitrogen and oxygen atoms in total. The molecule has 3 aliphatic heterocycles. The summed E-state index contributed by atoms with van der Waals surface area (Å²) >= 11 is 0. The van der Waals surface area contributed by atoms with Crippen LogP contribution in [0.25, 0.3) is 5.65 Å². The van der Waals surface area contributed by atoms with Crippen molar-refractivity contribution in [2.45, 2.75) is 71.6 Å². The SMILES string of the molecule is Cc1cn2cc(NC(=O)N3CCc4c(N5CC6CCC(C5)N6C(=O)OC(C)(C)C)ccnc43)nc(C)c2n1. The van der Waals surface area contributed by atoms with Crippen molar-refractivity contribution in [1.29, 1.82) is 0 Å². The van der Waals surface area contributed by atoms with Gasteiger partial charge in [-0.05, 0) is 59.9 Å². The second kappa shape index (κ2) is 8.85. The molecule has 0 radical (unpaired) electrons. The summed E-state index contributed by atoms with van der Waals surface area (Å²) in [5.41, 5.74) is 4.07. The summed E-state index contributed by atoms with van der Waals surface area (Å²) in [6, 6.07) is 2.00. The molecule has 0 aliphatic carbocycles. The van der Waals surface area contributed by atoms with Crippen molar-refractivity contribution in [3.63, 3.8) is 0 Å². The number of aryl methyl sites for hydroxylation is 2.